The van der Waals surface area contributed by atoms with E-state index in [-0.39, 0.29) is 5.38 Å². The van der Waals surface area contributed by atoms with Crippen molar-refractivity contribution >= 4 is 22.5 Å². The van der Waals surface area contributed by atoms with Crippen LogP contribution < -0.4 is 0 Å². The first-order valence-corrected chi connectivity index (χ1v) is 7.11. The number of benzene rings is 1. The second-order valence-corrected chi connectivity index (χ2v) is 5.39. The van der Waals surface area contributed by atoms with Crippen LogP contribution in [-0.4, -0.2) is 24.8 Å². The lowest BCUT2D eigenvalue weighted by molar-refractivity contribution is 0.611. The summed E-state index contributed by atoms with van der Waals surface area (Å²) in [4.78, 5) is 0. The largest absolute Gasteiger partial charge is 0.265 e. The molecule has 20 heavy (non-hydrogen) atoms. The third-order valence-corrected chi connectivity index (χ3v) is 3.53. The van der Waals surface area contributed by atoms with Crippen molar-refractivity contribution in [3.63, 3.8) is 0 Å². The maximum absolute atomic E-state index is 6.01. The van der Waals surface area contributed by atoms with Gasteiger partial charge in [-0.3, -0.25) is 4.68 Å². The fourth-order valence-electron chi connectivity index (χ4n) is 2.28. The molecule has 5 nitrogen and oxygen atoms in total. The molecule has 2 aromatic heterocycles. The highest BCUT2D eigenvalue weighted by Gasteiger charge is 2.12. The summed E-state index contributed by atoms with van der Waals surface area (Å²) in [5, 5.41) is 13.9. The Morgan fingerprint density at radius 1 is 1.30 bits per heavy atom. The van der Waals surface area contributed by atoms with Crippen molar-refractivity contribution in [3.8, 4) is 0 Å². The standard InChI is InChI=1S/C14H16ClN5/c1-3-20-14-7-5-4-6-11(14)13(17-20)9-19-8-12(10(2)15)16-18-19/h4-8,10H,3,9H2,1-2H3. The summed E-state index contributed by atoms with van der Waals surface area (Å²) in [6.45, 7) is 5.43. The minimum Gasteiger partial charge on any atom is -0.265 e. The molecule has 0 spiro atoms. The zero-order valence-corrected chi connectivity index (χ0v) is 12.2. The molecular weight excluding hydrogens is 274 g/mol. The van der Waals surface area contributed by atoms with Crippen LogP contribution in [0, 0.1) is 0 Å². The van der Waals surface area contributed by atoms with E-state index in [4.69, 9.17) is 11.6 Å². The van der Waals surface area contributed by atoms with E-state index in [0.29, 0.717) is 6.54 Å². The van der Waals surface area contributed by atoms with E-state index in [2.05, 4.69) is 34.5 Å². The number of alkyl halides is 1. The summed E-state index contributed by atoms with van der Waals surface area (Å²) in [5.41, 5.74) is 2.93. The molecule has 0 saturated heterocycles. The number of aromatic nitrogens is 5. The molecule has 1 aromatic carbocycles. The highest BCUT2D eigenvalue weighted by atomic mass is 35.5. The Morgan fingerprint density at radius 2 is 2.10 bits per heavy atom. The number of nitrogens with zero attached hydrogens (tertiary/aromatic N) is 5. The lowest BCUT2D eigenvalue weighted by Crippen LogP contribution is -2.03. The molecule has 3 aromatic rings. The molecule has 1 unspecified atom stereocenters. The number of aryl methyl sites for hydroxylation is 1. The van der Waals surface area contributed by atoms with Gasteiger partial charge in [-0.25, -0.2) is 4.68 Å². The van der Waals surface area contributed by atoms with Gasteiger partial charge in [0.05, 0.1) is 29.3 Å². The molecule has 0 saturated carbocycles. The highest BCUT2D eigenvalue weighted by molar-refractivity contribution is 6.20. The molecule has 1 atom stereocenters. The van der Waals surface area contributed by atoms with Gasteiger partial charge in [0.1, 0.15) is 5.69 Å². The van der Waals surface area contributed by atoms with Gasteiger partial charge >= 0.3 is 0 Å². The maximum atomic E-state index is 6.01. The van der Waals surface area contributed by atoms with Gasteiger partial charge in [-0.2, -0.15) is 5.10 Å². The number of hydrogen-bond acceptors (Lipinski definition) is 3. The van der Waals surface area contributed by atoms with E-state index in [0.717, 1.165) is 28.8 Å². The van der Waals surface area contributed by atoms with Crippen LogP contribution in [0.4, 0.5) is 0 Å². The van der Waals surface area contributed by atoms with Crippen LogP contribution in [-0.2, 0) is 13.1 Å². The lowest BCUT2D eigenvalue weighted by Gasteiger charge is -1.97. The van der Waals surface area contributed by atoms with Crippen molar-refractivity contribution in [3.05, 3.63) is 41.9 Å². The topological polar surface area (TPSA) is 48.5 Å². The van der Waals surface area contributed by atoms with Gasteiger partial charge in [-0.1, -0.05) is 23.4 Å². The van der Waals surface area contributed by atoms with Crippen molar-refractivity contribution in [1.82, 2.24) is 24.8 Å². The summed E-state index contributed by atoms with van der Waals surface area (Å²) in [6.07, 6.45) is 1.87. The van der Waals surface area contributed by atoms with Crippen LogP contribution in [0.1, 0.15) is 30.6 Å². The van der Waals surface area contributed by atoms with Gasteiger partial charge in [-0.05, 0) is 19.9 Å². The predicted octanol–water partition coefficient (Wildman–Crippen LogP) is 3.00. The quantitative estimate of drug-likeness (QED) is 0.694. The molecule has 0 bridgehead atoms. The van der Waals surface area contributed by atoms with E-state index in [1.807, 2.05) is 29.9 Å². The second-order valence-electron chi connectivity index (χ2n) is 4.74. The number of fused-ring (bicyclic) bond motifs is 1. The summed E-state index contributed by atoms with van der Waals surface area (Å²) < 4.78 is 3.79. The Morgan fingerprint density at radius 3 is 2.80 bits per heavy atom. The van der Waals surface area contributed by atoms with Gasteiger partial charge in [-0.15, -0.1) is 16.7 Å². The Hall–Kier alpha value is -1.88. The average Bonchev–Trinajstić information content (AvgIpc) is 3.05. The number of halogens is 1. The summed E-state index contributed by atoms with van der Waals surface area (Å²) in [7, 11) is 0. The van der Waals surface area contributed by atoms with E-state index < -0.39 is 0 Å². The van der Waals surface area contributed by atoms with Gasteiger partial charge < -0.3 is 0 Å². The van der Waals surface area contributed by atoms with Gasteiger partial charge in [0.15, 0.2) is 0 Å². The minimum absolute atomic E-state index is 0.131. The molecule has 3 rings (SSSR count). The van der Waals surface area contributed by atoms with Crippen molar-refractivity contribution in [2.24, 2.45) is 0 Å². The van der Waals surface area contributed by atoms with Crippen LogP contribution in [0.2, 0.25) is 0 Å². The van der Waals surface area contributed by atoms with Gasteiger partial charge in [0.25, 0.3) is 0 Å². The zero-order chi connectivity index (χ0) is 14.1. The minimum atomic E-state index is -0.131. The molecule has 0 aliphatic rings. The maximum Gasteiger partial charge on any atom is 0.100 e. The van der Waals surface area contributed by atoms with Crippen LogP contribution in [0.25, 0.3) is 10.9 Å². The van der Waals surface area contributed by atoms with E-state index >= 15 is 0 Å². The summed E-state index contributed by atoms with van der Waals surface area (Å²) >= 11 is 6.01. The average molecular weight is 290 g/mol. The molecule has 6 heteroatoms. The monoisotopic (exact) mass is 289 g/mol. The van der Waals surface area contributed by atoms with E-state index in [1.54, 1.807) is 4.68 Å². The van der Waals surface area contributed by atoms with Gasteiger partial charge in [0.2, 0.25) is 0 Å². The molecule has 0 fully saturated rings. The Balaban J connectivity index is 1.97. The molecular formula is C14H16ClN5. The number of hydrogen-bond donors (Lipinski definition) is 0. The fraction of sp³-hybridized carbons (Fsp3) is 0.357. The molecule has 0 aliphatic heterocycles. The second kappa shape index (κ2) is 5.25. The van der Waals surface area contributed by atoms with E-state index in [1.165, 1.54) is 0 Å². The third-order valence-electron chi connectivity index (χ3n) is 3.31. The first kappa shape index (κ1) is 13.1. The van der Waals surface area contributed by atoms with Crippen LogP contribution >= 0.6 is 11.6 Å². The first-order valence-electron chi connectivity index (χ1n) is 6.67. The number of rotatable bonds is 4. The highest BCUT2D eigenvalue weighted by Crippen LogP contribution is 2.20. The molecule has 2 heterocycles. The predicted molar refractivity (Wildman–Crippen MR) is 78.8 cm³/mol. The Labute approximate surface area is 122 Å². The van der Waals surface area contributed by atoms with E-state index in [9.17, 15) is 0 Å². The smallest absolute Gasteiger partial charge is 0.100 e. The number of para-hydroxylation sites is 1. The lowest BCUT2D eigenvalue weighted by atomic mass is 10.2. The molecule has 0 N–H and O–H groups in total. The van der Waals surface area contributed by atoms with Crippen molar-refractivity contribution in [2.45, 2.75) is 32.3 Å². The molecule has 0 radical (unpaired) electrons. The summed E-state index contributed by atoms with van der Waals surface area (Å²) in [5.74, 6) is 0. The molecule has 0 aliphatic carbocycles. The van der Waals surface area contributed by atoms with Crippen LogP contribution in [0.15, 0.2) is 30.5 Å². The van der Waals surface area contributed by atoms with Crippen LogP contribution in [0.3, 0.4) is 0 Å². The SMILES string of the molecule is CCn1nc(Cn2cc(C(C)Cl)nn2)c2ccccc21. The van der Waals surface area contributed by atoms with Crippen molar-refractivity contribution in [1.29, 1.82) is 0 Å². The fourth-order valence-corrected chi connectivity index (χ4v) is 2.38. The first-order chi connectivity index (χ1) is 9.69. The third kappa shape index (κ3) is 2.29. The van der Waals surface area contributed by atoms with Crippen molar-refractivity contribution < 1.29 is 0 Å². The molecule has 104 valence electrons. The van der Waals surface area contributed by atoms with Gasteiger partial charge in [0, 0.05) is 11.9 Å². The zero-order valence-electron chi connectivity index (χ0n) is 11.5. The van der Waals surface area contributed by atoms with Crippen molar-refractivity contribution in [2.75, 3.05) is 0 Å². The Bertz CT molecular complexity index is 728. The Kier molecular flexibility index (Phi) is 3.44. The summed E-state index contributed by atoms with van der Waals surface area (Å²) in [6, 6.07) is 8.23. The normalized spacial score (nSPS) is 12.9. The molecule has 0 amide bonds. The van der Waals surface area contributed by atoms with Crippen LogP contribution in [0.5, 0.6) is 0 Å².